The molecular formula is C24H38N6O. The number of rotatable bonds is 7. The van der Waals surface area contributed by atoms with Gasteiger partial charge in [-0.3, -0.25) is 14.7 Å². The van der Waals surface area contributed by atoms with Crippen molar-refractivity contribution in [1.82, 2.24) is 14.9 Å². The molecule has 1 spiro atoms. The molecule has 0 radical (unpaired) electrons. The van der Waals surface area contributed by atoms with E-state index in [1.54, 1.807) is 6.21 Å². The first-order chi connectivity index (χ1) is 15.0. The van der Waals surface area contributed by atoms with Gasteiger partial charge in [0.15, 0.2) is 0 Å². The average molecular weight is 427 g/mol. The van der Waals surface area contributed by atoms with Crippen LogP contribution in [0.3, 0.4) is 0 Å². The quantitative estimate of drug-likeness (QED) is 0.676. The Morgan fingerprint density at radius 3 is 2.81 bits per heavy atom. The molecule has 3 heterocycles. The lowest BCUT2D eigenvalue weighted by Crippen LogP contribution is -2.56. The molecule has 0 bridgehead atoms. The van der Waals surface area contributed by atoms with Crippen LogP contribution >= 0.6 is 0 Å². The minimum Gasteiger partial charge on any atom is -0.398 e. The fraction of sp³-hybridized carbons (Fsp3) is 0.667. The predicted octanol–water partition coefficient (Wildman–Crippen LogP) is 2.79. The van der Waals surface area contributed by atoms with E-state index in [1.807, 2.05) is 18.3 Å². The number of nitrogens with two attached hydrogens (primary N) is 1. The van der Waals surface area contributed by atoms with E-state index in [-0.39, 0.29) is 6.04 Å². The first-order valence-electron chi connectivity index (χ1n) is 11.8. The molecule has 7 nitrogen and oxygen atoms in total. The number of piperazine rings is 1. The number of hydrogen-bond acceptors (Lipinski definition) is 7. The van der Waals surface area contributed by atoms with E-state index >= 15 is 0 Å². The fourth-order valence-corrected chi connectivity index (χ4v) is 5.31. The highest BCUT2D eigenvalue weighted by Crippen LogP contribution is 2.47. The maximum Gasteiger partial charge on any atom is 0.137 e. The number of pyridine rings is 1. The van der Waals surface area contributed by atoms with Crippen LogP contribution in [0.2, 0.25) is 0 Å². The van der Waals surface area contributed by atoms with E-state index in [2.05, 4.69) is 51.7 Å². The molecule has 1 aromatic rings. The first-order valence-corrected chi connectivity index (χ1v) is 11.8. The molecule has 2 aliphatic heterocycles. The highest BCUT2D eigenvalue weighted by Gasteiger charge is 2.49. The topological polar surface area (TPSA) is 70.2 Å². The van der Waals surface area contributed by atoms with Gasteiger partial charge in [0.25, 0.3) is 0 Å². The summed E-state index contributed by atoms with van der Waals surface area (Å²) in [6, 6.07) is 5.00. The number of hydrogen-bond donors (Lipinski definition) is 1. The van der Waals surface area contributed by atoms with Gasteiger partial charge in [-0.25, -0.2) is 4.98 Å². The van der Waals surface area contributed by atoms with E-state index < -0.39 is 0 Å². The number of aliphatic imine (C=N–C) groups is 1. The Kier molecular flexibility index (Phi) is 6.94. The van der Waals surface area contributed by atoms with Gasteiger partial charge in [0.2, 0.25) is 0 Å². The van der Waals surface area contributed by atoms with Crippen molar-refractivity contribution in [3.05, 3.63) is 30.0 Å². The monoisotopic (exact) mass is 426 g/mol. The summed E-state index contributed by atoms with van der Waals surface area (Å²) in [5.41, 5.74) is 8.60. The summed E-state index contributed by atoms with van der Waals surface area (Å²) in [7, 11) is 0. The lowest BCUT2D eigenvalue weighted by Gasteiger charge is -2.47. The molecule has 3 aliphatic rings. The Balaban J connectivity index is 1.34. The first kappa shape index (κ1) is 22.2. The molecule has 31 heavy (non-hydrogen) atoms. The number of hydroxylamine groups is 2. The predicted molar refractivity (Wildman–Crippen MR) is 127 cm³/mol. The molecule has 1 aliphatic carbocycles. The van der Waals surface area contributed by atoms with Crippen LogP contribution in [0, 0.1) is 5.41 Å². The number of anilines is 1. The van der Waals surface area contributed by atoms with Crippen LogP contribution in [0.5, 0.6) is 0 Å². The molecule has 1 atom stereocenters. The van der Waals surface area contributed by atoms with Crippen LogP contribution in [-0.4, -0.2) is 79.1 Å². The highest BCUT2D eigenvalue weighted by atomic mass is 16.7. The van der Waals surface area contributed by atoms with Gasteiger partial charge in [-0.15, -0.1) is 0 Å². The summed E-state index contributed by atoms with van der Waals surface area (Å²) in [5.74, 6) is 0.989. The standard InChI is InChI=1S/C24H38N6O/c1-4-31-30-17-24(18-30)9-7-20(16-24)28-12-14-29(15-13-28)23-21(6-5-10-27-23)22(25)8-11-26-19(2)3/h5-6,8,10-11,19-20H,4,7,9,12-18,25H2,1-3H3/b22-8-,26-11?/t20-/m1/s1. The molecule has 4 rings (SSSR count). The minimum atomic E-state index is 0.266. The van der Waals surface area contributed by atoms with Crippen LogP contribution in [0.15, 0.2) is 29.4 Å². The van der Waals surface area contributed by atoms with Crippen LogP contribution in [-0.2, 0) is 4.84 Å². The van der Waals surface area contributed by atoms with Gasteiger partial charge < -0.3 is 10.6 Å². The van der Waals surface area contributed by atoms with Crippen LogP contribution in [0.25, 0.3) is 5.70 Å². The fourth-order valence-electron chi connectivity index (χ4n) is 5.31. The zero-order valence-electron chi connectivity index (χ0n) is 19.3. The molecule has 7 heteroatoms. The Morgan fingerprint density at radius 1 is 1.32 bits per heavy atom. The summed E-state index contributed by atoms with van der Waals surface area (Å²) in [5, 5.41) is 2.15. The van der Waals surface area contributed by atoms with E-state index in [9.17, 15) is 0 Å². The van der Waals surface area contributed by atoms with Gasteiger partial charge in [-0.2, -0.15) is 5.06 Å². The van der Waals surface area contributed by atoms with E-state index in [0.29, 0.717) is 11.5 Å². The Bertz CT molecular complexity index is 793. The number of allylic oxidation sites excluding steroid dienone is 1. The largest absolute Gasteiger partial charge is 0.398 e. The third-order valence-corrected chi connectivity index (χ3v) is 6.88. The minimum absolute atomic E-state index is 0.266. The van der Waals surface area contributed by atoms with Crippen molar-refractivity contribution in [3.63, 3.8) is 0 Å². The van der Waals surface area contributed by atoms with Crippen LogP contribution < -0.4 is 10.6 Å². The second-order valence-corrected chi connectivity index (χ2v) is 9.52. The smallest absolute Gasteiger partial charge is 0.137 e. The Hall–Kier alpha value is -1.96. The Morgan fingerprint density at radius 2 is 2.10 bits per heavy atom. The molecule has 0 unspecified atom stereocenters. The van der Waals surface area contributed by atoms with Crippen molar-refractivity contribution < 1.29 is 4.84 Å². The maximum atomic E-state index is 6.38. The molecule has 1 aromatic heterocycles. The summed E-state index contributed by atoms with van der Waals surface area (Å²) in [6.45, 7) is 13.3. The lowest BCUT2D eigenvalue weighted by molar-refractivity contribution is -0.246. The van der Waals surface area contributed by atoms with Crippen molar-refractivity contribution in [1.29, 1.82) is 0 Å². The second kappa shape index (κ2) is 9.67. The molecule has 3 fully saturated rings. The number of aromatic nitrogens is 1. The molecule has 1 saturated carbocycles. The van der Waals surface area contributed by atoms with E-state index in [0.717, 1.165) is 63.0 Å². The SMILES string of the molecule is CCON1CC2(CC[C@@H](N3CCN(c4ncccc4/C(N)=C/C=NC(C)C)CC3)C2)C1. The molecule has 2 N–H and O–H groups in total. The van der Waals surface area contributed by atoms with Gasteiger partial charge >= 0.3 is 0 Å². The third-order valence-electron chi connectivity index (χ3n) is 6.88. The van der Waals surface area contributed by atoms with E-state index in [1.165, 1.54) is 19.3 Å². The van der Waals surface area contributed by atoms with Gasteiger partial charge in [-0.1, -0.05) is 0 Å². The number of nitrogens with zero attached hydrogens (tertiary/aromatic N) is 5. The summed E-state index contributed by atoms with van der Waals surface area (Å²) >= 11 is 0. The normalized spacial score (nSPS) is 25.1. The van der Waals surface area contributed by atoms with Crippen molar-refractivity contribution in [2.24, 2.45) is 16.1 Å². The third kappa shape index (κ3) is 5.10. The van der Waals surface area contributed by atoms with Gasteiger partial charge in [0.05, 0.1) is 6.61 Å². The van der Waals surface area contributed by atoms with Crippen molar-refractivity contribution in [2.45, 2.75) is 52.1 Å². The van der Waals surface area contributed by atoms with Crippen LogP contribution in [0.1, 0.15) is 45.6 Å². The van der Waals surface area contributed by atoms with E-state index in [4.69, 9.17) is 10.6 Å². The van der Waals surface area contributed by atoms with Gasteiger partial charge in [0, 0.05) is 80.4 Å². The van der Waals surface area contributed by atoms with Crippen LogP contribution in [0.4, 0.5) is 5.82 Å². The zero-order chi connectivity index (χ0) is 21.8. The van der Waals surface area contributed by atoms with Crippen molar-refractivity contribution >= 4 is 17.7 Å². The zero-order valence-corrected chi connectivity index (χ0v) is 19.3. The highest BCUT2D eigenvalue weighted by molar-refractivity contribution is 5.86. The molecule has 170 valence electrons. The molecule has 0 amide bonds. The average Bonchev–Trinajstić information content (AvgIpc) is 3.19. The summed E-state index contributed by atoms with van der Waals surface area (Å²) < 4.78 is 0. The molecule has 0 aromatic carbocycles. The lowest BCUT2D eigenvalue weighted by atomic mass is 9.79. The Labute approximate surface area is 186 Å². The maximum absolute atomic E-state index is 6.38. The van der Waals surface area contributed by atoms with Crippen molar-refractivity contribution in [2.75, 3.05) is 50.8 Å². The summed E-state index contributed by atoms with van der Waals surface area (Å²) in [4.78, 5) is 19.8. The second-order valence-electron chi connectivity index (χ2n) is 9.52. The van der Waals surface area contributed by atoms with Crippen molar-refractivity contribution in [3.8, 4) is 0 Å². The van der Waals surface area contributed by atoms with Gasteiger partial charge in [0.1, 0.15) is 5.82 Å². The summed E-state index contributed by atoms with van der Waals surface area (Å²) in [6.07, 6.45) is 9.53. The molecular weight excluding hydrogens is 388 g/mol. The molecule has 2 saturated heterocycles. The van der Waals surface area contributed by atoms with Gasteiger partial charge in [-0.05, 0) is 58.2 Å².